The summed E-state index contributed by atoms with van der Waals surface area (Å²) in [5, 5.41) is 0. The molecule has 0 spiro atoms. The lowest BCUT2D eigenvalue weighted by Gasteiger charge is -2.18. The Morgan fingerprint density at radius 1 is 1.27 bits per heavy atom. The maximum atomic E-state index is 8.88. The van der Waals surface area contributed by atoms with E-state index in [-0.39, 0.29) is 5.92 Å². The van der Waals surface area contributed by atoms with Crippen molar-refractivity contribution in [1.82, 2.24) is 0 Å². The zero-order valence-electron chi connectivity index (χ0n) is 8.84. The molecule has 1 aromatic rings. The molecule has 0 saturated heterocycles. The van der Waals surface area contributed by atoms with Gasteiger partial charge in [-0.05, 0) is 24.0 Å². The van der Waals surface area contributed by atoms with Gasteiger partial charge < -0.3 is 18.8 Å². The summed E-state index contributed by atoms with van der Waals surface area (Å²) in [5.41, 5.74) is 0.869. The Morgan fingerprint density at radius 3 is 2.40 bits per heavy atom. The molecule has 1 aromatic carbocycles. The average molecular weight is 228 g/mol. The van der Waals surface area contributed by atoms with E-state index in [2.05, 4.69) is 0 Å². The topological polar surface area (TPSA) is 69.9 Å². The van der Waals surface area contributed by atoms with Crippen LogP contribution in [-0.4, -0.2) is 23.4 Å². The average Bonchev–Trinajstić information content (AvgIpc) is 2.15. The van der Waals surface area contributed by atoms with Gasteiger partial charge in [0.25, 0.3) is 0 Å². The summed E-state index contributed by atoms with van der Waals surface area (Å²) in [6.07, 6.45) is 0.914. The summed E-state index contributed by atoms with van der Waals surface area (Å²) in [6, 6.07) is 7.04. The first-order chi connectivity index (χ1) is 6.94. The monoisotopic (exact) mass is 228 g/mol. The summed E-state index contributed by atoms with van der Waals surface area (Å²) in [7, 11) is -4.49. The third kappa shape index (κ3) is 3.64. The van der Waals surface area contributed by atoms with Crippen LogP contribution < -0.4 is 4.43 Å². The van der Waals surface area contributed by atoms with Crippen molar-refractivity contribution in [3.63, 3.8) is 0 Å². The van der Waals surface area contributed by atoms with Crippen molar-refractivity contribution in [2.45, 2.75) is 26.2 Å². The molecule has 1 rings (SSSR count). The highest BCUT2D eigenvalue weighted by Crippen LogP contribution is 2.28. The molecule has 0 saturated carbocycles. The number of para-hydroxylation sites is 1. The summed E-state index contributed by atoms with van der Waals surface area (Å²) >= 11 is 0. The highest BCUT2D eigenvalue weighted by molar-refractivity contribution is 6.49. The van der Waals surface area contributed by atoms with Crippen LogP contribution in [0.15, 0.2) is 24.3 Å². The van der Waals surface area contributed by atoms with E-state index in [1.54, 1.807) is 12.1 Å². The van der Waals surface area contributed by atoms with Gasteiger partial charge in [0, 0.05) is 0 Å². The van der Waals surface area contributed by atoms with Gasteiger partial charge >= 0.3 is 9.05 Å². The lowest BCUT2D eigenvalue weighted by atomic mass is 9.98. The molecule has 4 nitrogen and oxygen atoms in total. The number of benzene rings is 1. The second-order valence-corrected chi connectivity index (χ2v) is 4.87. The molecule has 5 heteroatoms. The van der Waals surface area contributed by atoms with Crippen LogP contribution >= 0.6 is 0 Å². The lowest BCUT2D eigenvalue weighted by molar-refractivity contribution is 0.127. The molecule has 0 aliphatic rings. The molecule has 3 N–H and O–H groups in total. The Bertz CT molecular complexity index is 321. The van der Waals surface area contributed by atoms with Crippen LogP contribution in [0.25, 0.3) is 0 Å². The second-order valence-electron chi connectivity index (χ2n) is 3.52. The molecule has 1 unspecified atom stereocenters. The van der Waals surface area contributed by atoms with Crippen molar-refractivity contribution < 1.29 is 18.8 Å². The van der Waals surface area contributed by atoms with Crippen LogP contribution in [0.3, 0.4) is 0 Å². The summed E-state index contributed by atoms with van der Waals surface area (Å²) < 4.78 is 4.76. The first kappa shape index (κ1) is 12.2. The van der Waals surface area contributed by atoms with Crippen LogP contribution in [0.1, 0.15) is 31.7 Å². The minimum Gasteiger partial charge on any atom is -0.480 e. The van der Waals surface area contributed by atoms with Gasteiger partial charge in [-0.2, -0.15) is 0 Å². The highest BCUT2D eigenvalue weighted by Gasteiger charge is 2.34. The Kier molecular flexibility index (Phi) is 3.87. The smallest absolute Gasteiger partial charge is 0.480 e. The molecule has 0 aliphatic carbocycles. The molecular formula is C10H16O4Si. The van der Waals surface area contributed by atoms with E-state index >= 15 is 0 Å². The molecule has 0 radical (unpaired) electrons. The summed E-state index contributed by atoms with van der Waals surface area (Å²) in [6.45, 7) is 4.04. The third-order valence-corrected chi connectivity index (χ3v) is 2.80. The van der Waals surface area contributed by atoms with Crippen LogP contribution in [0, 0.1) is 0 Å². The molecular weight excluding hydrogens is 212 g/mol. The van der Waals surface area contributed by atoms with Gasteiger partial charge in [-0.25, -0.2) is 0 Å². The molecule has 0 bridgehead atoms. The highest BCUT2D eigenvalue weighted by atomic mass is 28.4. The van der Waals surface area contributed by atoms with Gasteiger partial charge in [0.15, 0.2) is 0 Å². The fourth-order valence-electron chi connectivity index (χ4n) is 1.35. The Hall–Kier alpha value is -0.883. The second kappa shape index (κ2) is 4.76. The van der Waals surface area contributed by atoms with E-state index < -0.39 is 9.05 Å². The van der Waals surface area contributed by atoms with Gasteiger partial charge in [-0.1, -0.05) is 32.0 Å². The Morgan fingerprint density at radius 2 is 1.87 bits per heavy atom. The molecule has 15 heavy (non-hydrogen) atoms. The van der Waals surface area contributed by atoms with E-state index in [0.29, 0.717) is 5.75 Å². The quantitative estimate of drug-likeness (QED) is 0.672. The van der Waals surface area contributed by atoms with Crippen molar-refractivity contribution in [2.24, 2.45) is 0 Å². The predicted octanol–water partition coefficient (Wildman–Crippen LogP) is 0.991. The van der Waals surface area contributed by atoms with E-state index in [1.807, 2.05) is 26.0 Å². The maximum absolute atomic E-state index is 8.88. The van der Waals surface area contributed by atoms with Gasteiger partial charge in [-0.3, -0.25) is 0 Å². The SMILES string of the molecule is CCC(C)c1ccccc1O[Si](O)(O)O. The first-order valence-corrected chi connectivity index (χ1v) is 6.64. The maximum Gasteiger partial charge on any atom is 0.741 e. The van der Waals surface area contributed by atoms with Crippen molar-refractivity contribution in [3.05, 3.63) is 29.8 Å². The fraction of sp³-hybridized carbons (Fsp3) is 0.400. The van der Waals surface area contributed by atoms with Crippen LogP contribution in [0.2, 0.25) is 0 Å². The zero-order chi connectivity index (χ0) is 11.5. The van der Waals surface area contributed by atoms with E-state index in [1.165, 1.54) is 0 Å². The number of rotatable bonds is 4. The largest absolute Gasteiger partial charge is 0.741 e. The predicted molar refractivity (Wildman–Crippen MR) is 58.2 cm³/mol. The normalized spacial score (nSPS) is 13.7. The Labute approximate surface area is 90.3 Å². The lowest BCUT2D eigenvalue weighted by Crippen LogP contribution is -2.42. The van der Waals surface area contributed by atoms with Crippen LogP contribution in [0.4, 0.5) is 0 Å². The Balaban J connectivity index is 2.96. The van der Waals surface area contributed by atoms with Crippen molar-refractivity contribution in [2.75, 3.05) is 0 Å². The standard InChI is InChI=1S/C10H16O4Si/c1-3-8(2)9-6-4-5-7-10(9)14-15(11,12)13/h4-8,11-13H,3H2,1-2H3. The minimum atomic E-state index is -4.49. The fourth-order valence-corrected chi connectivity index (χ4v) is 1.83. The van der Waals surface area contributed by atoms with Gasteiger partial charge in [0.2, 0.25) is 0 Å². The van der Waals surface area contributed by atoms with Crippen molar-refractivity contribution in [3.8, 4) is 5.75 Å². The number of hydrogen-bond acceptors (Lipinski definition) is 4. The summed E-state index contributed by atoms with van der Waals surface area (Å²) in [5.74, 6) is 0.587. The van der Waals surface area contributed by atoms with Crippen LogP contribution in [0.5, 0.6) is 5.75 Å². The minimum absolute atomic E-state index is 0.248. The molecule has 0 aromatic heterocycles. The molecule has 0 aliphatic heterocycles. The van der Waals surface area contributed by atoms with Crippen LogP contribution in [-0.2, 0) is 0 Å². The molecule has 0 heterocycles. The third-order valence-electron chi connectivity index (χ3n) is 2.31. The molecule has 84 valence electrons. The molecule has 1 atom stereocenters. The zero-order valence-corrected chi connectivity index (χ0v) is 9.84. The van der Waals surface area contributed by atoms with E-state index in [0.717, 1.165) is 12.0 Å². The first-order valence-electron chi connectivity index (χ1n) is 4.89. The van der Waals surface area contributed by atoms with Crippen molar-refractivity contribution >= 4 is 9.05 Å². The molecule has 0 fully saturated rings. The van der Waals surface area contributed by atoms with E-state index in [9.17, 15) is 0 Å². The van der Waals surface area contributed by atoms with E-state index in [4.69, 9.17) is 18.8 Å². The summed E-state index contributed by atoms with van der Waals surface area (Å²) in [4.78, 5) is 26.6. The van der Waals surface area contributed by atoms with Crippen molar-refractivity contribution in [1.29, 1.82) is 0 Å². The molecule has 0 amide bonds. The number of hydrogen-bond donors (Lipinski definition) is 3. The van der Waals surface area contributed by atoms with Gasteiger partial charge in [-0.15, -0.1) is 0 Å². The van der Waals surface area contributed by atoms with Gasteiger partial charge in [0.05, 0.1) is 0 Å². The van der Waals surface area contributed by atoms with Gasteiger partial charge in [0.1, 0.15) is 5.75 Å².